The molecule has 1 fully saturated rings. The molecule has 4 N–H and O–H groups in total. The van der Waals surface area contributed by atoms with E-state index in [2.05, 4.69) is 19.1 Å². The van der Waals surface area contributed by atoms with Crippen LogP contribution in [0.25, 0.3) is 0 Å². The second-order valence-electron chi connectivity index (χ2n) is 13.0. The molecule has 1 rings (SSSR count). The number of carbonyl (C=O) groups is 1. The third-order valence-corrected chi connectivity index (χ3v) is 8.65. The Labute approximate surface area is 280 Å². The van der Waals surface area contributed by atoms with Crippen LogP contribution in [0.2, 0.25) is 0 Å². The lowest BCUT2D eigenvalue weighted by Crippen LogP contribution is -2.59. The molecule has 1 aliphatic heterocycles. The number of unbranched alkanes of at least 4 members (excludes halogenated alkanes) is 18. The van der Waals surface area contributed by atoms with E-state index in [1.54, 1.807) is 0 Å². The molecule has 6 unspecified atom stereocenters. The van der Waals surface area contributed by atoms with Gasteiger partial charge in [0, 0.05) is 13.0 Å². The van der Waals surface area contributed by atoms with E-state index < -0.39 is 43.4 Å². The molecule has 6 atom stereocenters. The van der Waals surface area contributed by atoms with Gasteiger partial charge in [0.05, 0.1) is 19.8 Å². The molecular formula is C37H70O9. The first-order valence-electron chi connectivity index (χ1n) is 18.8. The van der Waals surface area contributed by atoms with Gasteiger partial charge in [-0.3, -0.25) is 4.79 Å². The first-order chi connectivity index (χ1) is 22.4. The van der Waals surface area contributed by atoms with Crippen molar-refractivity contribution in [2.75, 3.05) is 26.4 Å². The van der Waals surface area contributed by atoms with Crippen LogP contribution in [0, 0.1) is 0 Å². The summed E-state index contributed by atoms with van der Waals surface area (Å²) in [6.07, 6.45) is 24.1. The van der Waals surface area contributed by atoms with Gasteiger partial charge in [-0.05, 0) is 38.5 Å². The van der Waals surface area contributed by atoms with Crippen LogP contribution in [0.1, 0.15) is 155 Å². The fourth-order valence-corrected chi connectivity index (χ4v) is 5.70. The predicted octanol–water partition coefficient (Wildman–Crippen LogP) is 6.91. The van der Waals surface area contributed by atoms with Gasteiger partial charge in [0.2, 0.25) is 0 Å². The van der Waals surface area contributed by atoms with Crippen LogP contribution in [0.15, 0.2) is 12.2 Å². The standard InChI is InChI=1S/C37H70O9/c1-3-5-6-7-8-9-10-11-12-13-14-15-16-17-18-19-20-21-22-23-24-25-27-43-29-31(45-33(39)26-4-2)30-44-37-36(42)35(41)34(40)32(28-38)46-37/h13-14,31-32,34-38,40-42H,3-12,15-30H2,1-2H3/b14-13-. The number of aliphatic hydroxyl groups excluding tert-OH is 4. The Balaban J connectivity index is 2.02. The van der Waals surface area contributed by atoms with Gasteiger partial charge in [0.25, 0.3) is 0 Å². The highest BCUT2D eigenvalue weighted by molar-refractivity contribution is 5.69. The highest BCUT2D eigenvalue weighted by atomic mass is 16.7. The van der Waals surface area contributed by atoms with Crippen molar-refractivity contribution < 1.29 is 44.2 Å². The number of hydrogen-bond donors (Lipinski definition) is 4. The maximum atomic E-state index is 12.1. The van der Waals surface area contributed by atoms with E-state index in [9.17, 15) is 25.2 Å². The van der Waals surface area contributed by atoms with Crippen molar-refractivity contribution in [2.24, 2.45) is 0 Å². The fraction of sp³-hybridized carbons (Fsp3) is 0.919. The lowest BCUT2D eigenvalue weighted by Gasteiger charge is -2.39. The molecule has 9 heteroatoms. The molecule has 1 heterocycles. The number of ether oxygens (including phenoxy) is 4. The first-order valence-corrected chi connectivity index (χ1v) is 18.8. The molecular weight excluding hydrogens is 588 g/mol. The van der Waals surface area contributed by atoms with E-state index in [0.29, 0.717) is 13.0 Å². The van der Waals surface area contributed by atoms with Gasteiger partial charge >= 0.3 is 5.97 Å². The molecule has 0 aromatic rings. The van der Waals surface area contributed by atoms with Crippen molar-refractivity contribution >= 4 is 5.97 Å². The van der Waals surface area contributed by atoms with E-state index in [4.69, 9.17) is 18.9 Å². The Kier molecular flexibility index (Phi) is 28.0. The second kappa shape index (κ2) is 30.0. The summed E-state index contributed by atoms with van der Waals surface area (Å²) in [5, 5.41) is 39.5. The van der Waals surface area contributed by atoms with Crippen LogP contribution in [0.3, 0.4) is 0 Å². The topological polar surface area (TPSA) is 135 Å². The highest BCUT2D eigenvalue weighted by Gasteiger charge is 2.44. The van der Waals surface area contributed by atoms with Crippen LogP contribution >= 0.6 is 0 Å². The normalized spacial score (nSPS) is 22.4. The molecule has 46 heavy (non-hydrogen) atoms. The summed E-state index contributed by atoms with van der Waals surface area (Å²) in [6.45, 7) is 4.19. The minimum atomic E-state index is -1.53. The number of aliphatic hydroxyl groups is 4. The largest absolute Gasteiger partial charge is 0.457 e. The molecule has 0 radical (unpaired) electrons. The Morgan fingerprint density at radius 3 is 1.72 bits per heavy atom. The van der Waals surface area contributed by atoms with Crippen molar-refractivity contribution in [3.63, 3.8) is 0 Å². The van der Waals surface area contributed by atoms with E-state index in [1.807, 2.05) is 6.92 Å². The molecule has 0 amide bonds. The molecule has 9 nitrogen and oxygen atoms in total. The smallest absolute Gasteiger partial charge is 0.306 e. The minimum Gasteiger partial charge on any atom is -0.457 e. The van der Waals surface area contributed by atoms with E-state index in [1.165, 1.54) is 116 Å². The maximum Gasteiger partial charge on any atom is 0.306 e. The molecule has 0 saturated carbocycles. The van der Waals surface area contributed by atoms with Gasteiger partial charge in [-0.15, -0.1) is 0 Å². The summed E-state index contributed by atoms with van der Waals surface area (Å²) in [6, 6.07) is 0. The average molecular weight is 659 g/mol. The Bertz CT molecular complexity index is 717. The first kappa shape index (κ1) is 43.0. The highest BCUT2D eigenvalue weighted by Crippen LogP contribution is 2.22. The van der Waals surface area contributed by atoms with Crippen LogP contribution in [0.5, 0.6) is 0 Å². The Morgan fingerprint density at radius 2 is 1.20 bits per heavy atom. The van der Waals surface area contributed by atoms with Crippen molar-refractivity contribution in [3.05, 3.63) is 12.2 Å². The lowest BCUT2D eigenvalue weighted by atomic mass is 9.99. The summed E-state index contributed by atoms with van der Waals surface area (Å²) in [5.41, 5.74) is 0. The number of esters is 1. The van der Waals surface area contributed by atoms with Crippen molar-refractivity contribution in [1.82, 2.24) is 0 Å². The van der Waals surface area contributed by atoms with E-state index >= 15 is 0 Å². The zero-order valence-corrected chi connectivity index (χ0v) is 29.3. The van der Waals surface area contributed by atoms with E-state index in [0.717, 1.165) is 12.8 Å². The summed E-state index contributed by atoms with van der Waals surface area (Å²) >= 11 is 0. The third kappa shape index (κ3) is 21.7. The SMILES string of the molecule is CCCCCCCCCC/C=C\CCCCCCCCCCCCOCC(COC1OC(CO)C(O)C(O)C1O)OC(=O)CCC. The number of rotatable bonds is 31. The van der Waals surface area contributed by atoms with Gasteiger partial charge in [0.1, 0.15) is 30.5 Å². The van der Waals surface area contributed by atoms with Crippen LogP contribution in [-0.4, -0.2) is 89.6 Å². The van der Waals surface area contributed by atoms with Gasteiger partial charge in [-0.25, -0.2) is 0 Å². The Hall–Kier alpha value is -1.07. The molecule has 1 saturated heterocycles. The minimum absolute atomic E-state index is 0.117. The molecule has 0 bridgehead atoms. The zero-order valence-electron chi connectivity index (χ0n) is 29.3. The molecule has 0 aromatic heterocycles. The summed E-state index contributed by atoms with van der Waals surface area (Å²) in [4.78, 5) is 12.1. The zero-order chi connectivity index (χ0) is 33.7. The summed E-state index contributed by atoms with van der Waals surface area (Å²) in [7, 11) is 0. The number of hydrogen-bond acceptors (Lipinski definition) is 9. The number of allylic oxidation sites excluding steroid dienone is 2. The molecule has 0 aliphatic carbocycles. The summed E-state index contributed by atoms with van der Waals surface area (Å²) in [5.74, 6) is -0.366. The molecule has 272 valence electrons. The molecule has 0 aromatic carbocycles. The quantitative estimate of drug-likeness (QED) is 0.0356. The Morgan fingerprint density at radius 1 is 0.674 bits per heavy atom. The second-order valence-corrected chi connectivity index (χ2v) is 13.0. The van der Waals surface area contributed by atoms with Crippen molar-refractivity contribution in [1.29, 1.82) is 0 Å². The van der Waals surface area contributed by atoms with E-state index in [-0.39, 0.29) is 25.6 Å². The van der Waals surface area contributed by atoms with Gasteiger partial charge in [-0.2, -0.15) is 0 Å². The van der Waals surface area contributed by atoms with Gasteiger partial charge in [0.15, 0.2) is 6.29 Å². The van der Waals surface area contributed by atoms with Crippen molar-refractivity contribution in [3.8, 4) is 0 Å². The van der Waals surface area contributed by atoms with Crippen LogP contribution in [-0.2, 0) is 23.7 Å². The molecule has 0 spiro atoms. The summed E-state index contributed by atoms with van der Waals surface area (Å²) < 4.78 is 22.2. The van der Waals surface area contributed by atoms with Crippen molar-refractivity contribution in [2.45, 2.75) is 192 Å². The van der Waals surface area contributed by atoms with Crippen LogP contribution in [0.4, 0.5) is 0 Å². The predicted molar refractivity (Wildman–Crippen MR) is 182 cm³/mol. The fourth-order valence-electron chi connectivity index (χ4n) is 5.70. The monoisotopic (exact) mass is 659 g/mol. The van der Waals surface area contributed by atoms with Gasteiger partial charge < -0.3 is 39.4 Å². The lowest BCUT2D eigenvalue weighted by molar-refractivity contribution is -0.305. The van der Waals surface area contributed by atoms with Crippen LogP contribution < -0.4 is 0 Å². The third-order valence-electron chi connectivity index (χ3n) is 8.65. The average Bonchev–Trinajstić information content (AvgIpc) is 3.05. The number of carbonyl (C=O) groups excluding carboxylic acids is 1. The maximum absolute atomic E-state index is 12.1. The molecule has 1 aliphatic rings. The van der Waals surface area contributed by atoms with Gasteiger partial charge in [-0.1, -0.05) is 122 Å².